The fourth-order valence-corrected chi connectivity index (χ4v) is 3.09. The SMILES string of the molecule is O=C(/C=C/c1ccc(Cl)cc1)Nc1nc(-c2ccc(Br)cc2)cs1. The van der Waals surface area contributed by atoms with Crippen molar-refractivity contribution >= 4 is 56.0 Å². The Morgan fingerprint density at radius 3 is 2.54 bits per heavy atom. The Balaban J connectivity index is 1.64. The Bertz CT molecular complexity index is 873. The van der Waals surface area contributed by atoms with Crippen molar-refractivity contribution in [1.29, 1.82) is 0 Å². The number of benzene rings is 2. The minimum atomic E-state index is -0.221. The van der Waals surface area contributed by atoms with Crippen molar-refractivity contribution in [1.82, 2.24) is 4.98 Å². The Hall–Kier alpha value is -1.95. The molecule has 0 bridgehead atoms. The van der Waals surface area contributed by atoms with Gasteiger partial charge in [0.05, 0.1) is 5.69 Å². The molecule has 0 aliphatic carbocycles. The Labute approximate surface area is 157 Å². The molecule has 0 saturated heterocycles. The molecule has 1 aromatic heterocycles. The van der Waals surface area contributed by atoms with E-state index in [4.69, 9.17) is 11.6 Å². The van der Waals surface area contributed by atoms with Crippen LogP contribution in [0.2, 0.25) is 5.02 Å². The lowest BCUT2D eigenvalue weighted by Gasteiger charge is -1.98. The second-order valence-corrected chi connectivity index (χ2v) is 7.13. The summed E-state index contributed by atoms with van der Waals surface area (Å²) in [5, 5.41) is 5.92. The lowest BCUT2D eigenvalue weighted by molar-refractivity contribution is -0.111. The minimum absolute atomic E-state index is 0.221. The second kappa shape index (κ2) is 7.75. The number of aromatic nitrogens is 1. The standard InChI is InChI=1S/C18H12BrClN2OS/c19-14-6-4-13(5-7-14)16-11-24-18(21-16)22-17(23)10-3-12-1-8-15(20)9-2-12/h1-11H,(H,21,22,23)/b10-3+. The topological polar surface area (TPSA) is 42.0 Å². The van der Waals surface area contributed by atoms with Crippen molar-refractivity contribution in [3.05, 3.63) is 75.0 Å². The van der Waals surface area contributed by atoms with Crippen molar-refractivity contribution in [2.24, 2.45) is 0 Å². The molecule has 3 aromatic rings. The predicted molar refractivity (Wildman–Crippen MR) is 104 cm³/mol. The third-order valence-electron chi connectivity index (χ3n) is 3.17. The second-order valence-electron chi connectivity index (χ2n) is 4.92. The monoisotopic (exact) mass is 418 g/mol. The summed E-state index contributed by atoms with van der Waals surface area (Å²) < 4.78 is 1.02. The predicted octanol–water partition coefficient (Wildman–Crippen LogP) is 5.88. The van der Waals surface area contributed by atoms with Gasteiger partial charge in [0.1, 0.15) is 0 Å². The number of carbonyl (C=O) groups excluding carboxylic acids is 1. The van der Waals surface area contributed by atoms with Crippen LogP contribution < -0.4 is 5.32 Å². The number of halogens is 2. The lowest BCUT2D eigenvalue weighted by Crippen LogP contribution is -2.07. The van der Waals surface area contributed by atoms with E-state index in [9.17, 15) is 4.79 Å². The van der Waals surface area contributed by atoms with Crippen LogP contribution in [-0.4, -0.2) is 10.9 Å². The van der Waals surface area contributed by atoms with Crippen LogP contribution in [-0.2, 0) is 4.79 Å². The van der Waals surface area contributed by atoms with Crippen molar-refractivity contribution in [2.45, 2.75) is 0 Å². The van der Waals surface area contributed by atoms with Gasteiger partial charge >= 0.3 is 0 Å². The number of thiazole rings is 1. The zero-order valence-electron chi connectivity index (χ0n) is 12.4. The molecule has 120 valence electrons. The largest absolute Gasteiger partial charge is 0.298 e. The summed E-state index contributed by atoms with van der Waals surface area (Å²) in [5.74, 6) is -0.221. The molecule has 1 N–H and O–H groups in total. The number of nitrogens with zero attached hydrogens (tertiary/aromatic N) is 1. The number of nitrogens with one attached hydrogen (secondary N) is 1. The Morgan fingerprint density at radius 2 is 1.83 bits per heavy atom. The van der Waals surface area contributed by atoms with Crippen molar-refractivity contribution in [3.63, 3.8) is 0 Å². The first-order chi connectivity index (χ1) is 11.6. The van der Waals surface area contributed by atoms with E-state index in [0.29, 0.717) is 10.2 Å². The molecule has 0 fully saturated rings. The molecular formula is C18H12BrClN2OS. The normalized spacial score (nSPS) is 10.9. The van der Waals surface area contributed by atoms with Crippen LogP contribution in [0, 0.1) is 0 Å². The van der Waals surface area contributed by atoms with Crippen LogP contribution in [0.1, 0.15) is 5.56 Å². The molecule has 0 aliphatic rings. The quantitative estimate of drug-likeness (QED) is 0.537. The Morgan fingerprint density at radius 1 is 1.12 bits per heavy atom. The van der Waals surface area contributed by atoms with E-state index in [0.717, 1.165) is 21.3 Å². The molecule has 0 saturated carbocycles. The van der Waals surface area contributed by atoms with Crippen LogP contribution in [0.4, 0.5) is 5.13 Å². The van der Waals surface area contributed by atoms with E-state index in [1.165, 1.54) is 17.4 Å². The van der Waals surface area contributed by atoms with Gasteiger partial charge in [0, 0.05) is 26.5 Å². The smallest absolute Gasteiger partial charge is 0.250 e. The van der Waals surface area contributed by atoms with Crippen LogP contribution in [0.15, 0.2) is 64.5 Å². The molecule has 0 atom stereocenters. The van der Waals surface area contributed by atoms with Gasteiger partial charge in [-0.25, -0.2) is 4.98 Å². The summed E-state index contributed by atoms with van der Waals surface area (Å²) in [4.78, 5) is 16.4. The molecule has 6 heteroatoms. The molecule has 1 amide bonds. The summed E-state index contributed by atoms with van der Waals surface area (Å²) in [6.45, 7) is 0. The molecule has 1 heterocycles. The molecule has 0 spiro atoms. The zero-order valence-corrected chi connectivity index (χ0v) is 15.5. The summed E-state index contributed by atoms with van der Waals surface area (Å²) in [6.07, 6.45) is 3.21. The van der Waals surface area contributed by atoms with Crippen molar-refractivity contribution in [2.75, 3.05) is 5.32 Å². The first-order valence-corrected chi connectivity index (χ1v) is 9.11. The number of amides is 1. The molecule has 24 heavy (non-hydrogen) atoms. The number of anilines is 1. The van der Waals surface area contributed by atoms with Gasteiger partial charge in [0.15, 0.2) is 5.13 Å². The highest BCUT2D eigenvalue weighted by atomic mass is 79.9. The first-order valence-electron chi connectivity index (χ1n) is 7.06. The number of hydrogen-bond donors (Lipinski definition) is 1. The van der Waals surface area contributed by atoms with Gasteiger partial charge in [0.25, 0.3) is 0 Å². The van der Waals surface area contributed by atoms with Crippen LogP contribution >= 0.6 is 38.9 Å². The number of rotatable bonds is 4. The van der Waals surface area contributed by atoms with E-state index in [1.54, 1.807) is 18.2 Å². The molecule has 3 nitrogen and oxygen atoms in total. The Kier molecular flexibility index (Phi) is 5.45. The highest BCUT2D eigenvalue weighted by Gasteiger charge is 2.06. The van der Waals surface area contributed by atoms with E-state index in [-0.39, 0.29) is 5.91 Å². The average Bonchev–Trinajstić information content (AvgIpc) is 3.03. The maximum atomic E-state index is 12.0. The van der Waals surface area contributed by atoms with E-state index in [2.05, 4.69) is 26.2 Å². The molecule has 0 radical (unpaired) electrons. The highest BCUT2D eigenvalue weighted by Crippen LogP contribution is 2.26. The maximum absolute atomic E-state index is 12.0. The molecule has 3 rings (SSSR count). The van der Waals surface area contributed by atoms with Gasteiger partial charge in [-0.05, 0) is 35.9 Å². The highest BCUT2D eigenvalue weighted by molar-refractivity contribution is 9.10. The molecular weight excluding hydrogens is 408 g/mol. The third kappa shape index (κ3) is 4.54. The third-order valence-corrected chi connectivity index (χ3v) is 4.71. The van der Waals surface area contributed by atoms with Crippen molar-refractivity contribution in [3.8, 4) is 11.3 Å². The molecule has 2 aromatic carbocycles. The zero-order chi connectivity index (χ0) is 16.9. The fourth-order valence-electron chi connectivity index (χ4n) is 1.98. The number of carbonyl (C=O) groups is 1. The van der Waals surface area contributed by atoms with Crippen molar-refractivity contribution < 1.29 is 4.79 Å². The van der Waals surface area contributed by atoms with Crippen LogP contribution in [0.5, 0.6) is 0 Å². The van der Waals surface area contributed by atoms with E-state index in [1.807, 2.05) is 41.8 Å². The summed E-state index contributed by atoms with van der Waals surface area (Å²) in [5.41, 5.74) is 2.75. The molecule has 0 unspecified atom stereocenters. The van der Waals surface area contributed by atoms with Gasteiger partial charge < -0.3 is 0 Å². The van der Waals surface area contributed by atoms with Gasteiger partial charge in [-0.15, -0.1) is 11.3 Å². The minimum Gasteiger partial charge on any atom is -0.298 e. The van der Waals surface area contributed by atoms with Gasteiger partial charge in [-0.1, -0.05) is 51.8 Å². The van der Waals surface area contributed by atoms with Crippen LogP contribution in [0.25, 0.3) is 17.3 Å². The van der Waals surface area contributed by atoms with E-state index >= 15 is 0 Å². The lowest BCUT2D eigenvalue weighted by atomic mass is 10.2. The summed E-state index contributed by atoms with van der Waals surface area (Å²) in [6, 6.07) is 15.1. The maximum Gasteiger partial charge on any atom is 0.250 e. The fraction of sp³-hybridized carbons (Fsp3) is 0. The van der Waals surface area contributed by atoms with E-state index < -0.39 is 0 Å². The van der Waals surface area contributed by atoms with Gasteiger partial charge in [-0.3, -0.25) is 10.1 Å². The van der Waals surface area contributed by atoms with Gasteiger partial charge in [-0.2, -0.15) is 0 Å². The van der Waals surface area contributed by atoms with Gasteiger partial charge in [0.2, 0.25) is 5.91 Å². The summed E-state index contributed by atoms with van der Waals surface area (Å²) >= 11 is 10.6. The molecule has 0 aliphatic heterocycles. The average molecular weight is 420 g/mol. The van der Waals surface area contributed by atoms with Crippen LogP contribution in [0.3, 0.4) is 0 Å². The summed E-state index contributed by atoms with van der Waals surface area (Å²) in [7, 11) is 0. The first kappa shape index (κ1) is 16.9. The number of hydrogen-bond acceptors (Lipinski definition) is 3.